The lowest BCUT2D eigenvalue weighted by atomic mass is 9.85. The number of carbonyl (C=O) groups excluding carboxylic acids is 1. The van der Waals surface area contributed by atoms with Crippen molar-refractivity contribution in [2.75, 3.05) is 0 Å². The van der Waals surface area contributed by atoms with E-state index in [-0.39, 0.29) is 29.2 Å². The van der Waals surface area contributed by atoms with Gasteiger partial charge in [-0.2, -0.15) is 5.10 Å². The van der Waals surface area contributed by atoms with Gasteiger partial charge >= 0.3 is 0 Å². The van der Waals surface area contributed by atoms with Crippen LogP contribution < -0.4 is 0 Å². The fraction of sp³-hybridized carbons (Fsp3) is 0.524. The molecule has 2 saturated heterocycles. The standard InChI is InChI=1S/C21H26FN3O/c1-21(2,3)19-12-18(23-24-19)20(26)25-16-8-9-17(25)11-14(10-16)13-4-6-15(22)7-5-13/h4-7,12,14,16-17H,8-11H2,1-3H3,(H,23,24)/t14?,16-,17+. The van der Waals surface area contributed by atoms with E-state index in [1.807, 2.05) is 18.2 Å². The minimum Gasteiger partial charge on any atom is -0.331 e. The van der Waals surface area contributed by atoms with Crippen molar-refractivity contribution in [3.8, 4) is 0 Å². The Balaban J connectivity index is 1.52. The van der Waals surface area contributed by atoms with Crippen molar-refractivity contribution in [3.63, 3.8) is 0 Å². The van der Waals surface area contributed by atoms with Gasteiger partial charge in [-0.3, -0.25) is 9.89 Å². The number of H-pyrrole nitrogens is 1. The van der Waals surface area contributed by atoms with Crippen LogP contribution in [0, 0.1) is 5.82 Å². The first-order valence-electron chi connectivity index (χ1n) is 9.47. The SMILES string of the molecule is CC(C)(C)c1cc(C(=O)N2[C@@H]3CC[C@H]2CC(c2ccc(F)cc2)C3)n[nH]1. The fourth-order valence-electron chi connectivity index (χ4n) is 4.46. The Hall–Kier alpha value is -2.17. The second-order valence-electron chi connectivity index (χ2n) is 8.73. The summed E-state index contributed by atoms with van der Waals surface area (Å²) in [5, 5.41) is 7.31. The lowest BCUT2D eigenvalue weighted by Crippen LogP contribution is -2.46. The number of hydrogen-bond acceptors (Lipinski definition) is 2. The molecule has 0 radical (unpaired) electrons. The van der Waals surface area contributed by atoms with Gasteiger partial charge in [0.1, 0.15) is 11.5 Å². The van der Waals surface area contributed by atoms with Crippen molar-refractivity contribution in [1.82, 2.24) is 15.1 Å². The molecule has 26 heavy (non-hydrogen) atoms. The van der Waals surface area contributed by atoms with Crippen LogP contribution >= 0.6 is 0 Å². The van der Waals surface area contributed by atoms with Crippen molar-refractivity contribution in [3.05, 3.63) is 53.1 Å². The molecule has 1 aromatic heterocycles. The second kappa shape index (κ2) is 6.22. The molecule has 2 aliphatic heterocycles. The lowest BCUT2D eigenvalue weighted by molar-refractivity contribution is 0.0565. The molecule has 3 heterocycles. The summed E-state index contributed by atoms with van der Waals surface area (Å²) in [6.45, 7) is 6.31. The van der Waals surface area contributed by atoms with Crippen molar-refractivity contribution >= 4 is 5.91 Å². The average molecular weight is 355 g/mol. The molecule has 2 aliphatic rings. The highest BCUT2D eigenvalue weighted by molar-refractivity contribution is 5.93. The predicted molar refractivity (Wildman–Crippen MR) is 98.6 cm³/mol. The van der Waals surface area contributed by atoms with Gasteiger partial charge in [0.05, 0.1) is 0 Å². The van der Waals surface area contributed by atoms with Gasteiger partial charge in [0.2, 0.25) is 0 Å². The highest BCUT2D eigenvalue weighted by Crippen LogP contribution is 2.43. The maximum atomic E-state index is 13.2. The topological polar surface area (TPSA) is 49.0 Å². The summed E-state index contributed by atoms with van der Waals surface area (Å²) in [5.74, 6) is 0.251. The number of piperidine rings is 1. The summed E-state index contributed by atoms with van der Waals surface area (Å²) in [6.07, 6.45) is 3.99. The minimum absolute atomic E-state index is 0.0433. The smallest absolute Gasteiger partial charge is 0.274 e. The number of fused-ring (bicyclic) bond motifs is 2. The number of amides is 1. The number of aromatic nitrogens is 2. The summed E-state index contributed by atoms with van der Waals surface area (Å²) < 4.78 is 13.2. The van der Waals surface area contributed by atoms with Crippen LogP contribution in [0.15, 0.2) is 30.3 Å². The van der Waals surface area contributed by atoms with Gasteiger partial charge in [-0.15, -0.1) is 0 Å². The molecule has 4 nitrogen and oxygen atoms in total. The molecule has 0 spiro atoms. The molecule has 1 amide bonds. The third-order valence-corrected chi connectivity index (χ3v) is 5.91. The van der Waals surface area contributed by atoms with Crippen LogP contribution in [-0.4, -0.2) is 33.1 Å². The van der Waals surface area contributed by atoms with E-state index in [4.69, 9.17) is 0 Å². The largest absolute Gasteiger partial charge is 0.331 e. The van der Waals surface area contributed by atoms with Crippen molar-refractivity contribution in [2.45, 2.75) is 69.9 Å². The molecule has 4 rings (SSSR count). The molecule has 1 N–H and O–H groups in total. The Morgan fingerprint density at radius 3 is 2.31 bits per heavy atom. The Morgan fingerprint density at radius 1 is 1.15 bits per heavy atom. The molecule has 0 saturated carbocycles. The summed E-state index contributed by atoms with van der Waals surface area (Å²) in [4.78, 5) is 15.1. The zero-order chi connectivity index (χ0) is 18.5. The first-order chi connectivity index (χ1) is 12.3. The Bertz CT molecular complexity index is 791. The predicted octanol–water partition coefficient (Wildman–Crippen LogP) is 4.40. The molecule has 138 valence electrons. The van der Waals surface area contributed by atoms with Gasteiger partial charge in [0, 0.05) is 23.2 Å². The van der Waals surface area contributed by atoms with E-state index >= 15 is 0 Å². The van der Waals surface area contributed by atoms with Crippen LogP contribution in [0.2, 0.25) is 0 Å². The summed E-state index contributed by atoms with van der Waals surface area (Å²) in [5.41, 5.74) is 2.63. The van der Waals surface area contributed by atoms with Gasteiger partial charge in [-0.25, -0.2) is 4.39 Å². The quantitative estimate of drug-likeness (QED) is 0.868. The van der Waals surface area contributed by atoms with Crippen LogP contribution in [-0.2, 0) is 5.41 Å². The van der Waals surface area contributed by atoms with Crippen molar-refractivity contribution in [2.24, 2.45) is 0 Å². The summed E-state index contributed by atoms with van der Waals surface area (Å²) >= 11 is 0. The highest BCUT2D eigenvalue weighted by Gasteiger charge is 2.44. The lowest BCUT2D eigenvalue weighted by Gasteiger charge is -2.39. The van der Waals surface area contributed by atoms with Crippen LogP contribution in [0.3, 0.4) is 0 Å². The zero-order valence-electron chi connectivity index (χ0n) is 15.6. The molecule has 5 heteroatoms. The van der Waals surface area contributed by atoms with E-state index < -0.39 is 0 Å². The zero-order valence-corrected chi connectivity index (χ0v) is 15.6. The molecule has 2 fully saturated rings. The van der Waals surface area contributed by atoms with Crippen LogP contribution in [0.4, 0.5) is 4.39 Å². The number of nitrogens with zero attached hydrogens (tertiary/aromatic N) is 2. The van der Waals surface area contributed by atoms with Crippen LogP contribution in [0.5, 0.6) is 0 Å². The molecule has 3 atom stereocenters. The molecule has 2 bridgehead atoms. The second-order valence-corrected chi connectivity index (χ2v) is 8.73. The monoisotopic (exact) mass is 355 g/mol. The Morgan fingerprint density at radius 2 is 1.77 bits per heavy atom. The molecule has 1 unspecified atom stereocenters. The number of hydrogen-bond donors (Lipinski definition) is 1. The highest BCUT2D eigenvalue weighted by atomic mass is 19.1. The average Bonchev–Trinajstić information content (AvgIpc) is 3.18. The van der Waals surface area contributed by atoms with Gasteiger partial charge in [0.25, 0.3) is 5.91 Å². The van der Waals surface area contributed by atoms with Crippen molar-refractivity contribution < 1.29 is 9.18 Å². The van der Waals surface area contributed by atoms with Gasteiger partial charge in [-0.1, -0.05) is 32.9 Å². The normalized spacial score (nSPS) is 25.5. The van der Waals surface area contributed by atoms with E-state index in [1.165, 1.54) is 17.7 Å². The van der Waals surface area contributed by atoms with E-state index in [2.05, 4.69) is 35.9 Å². The summed E-state index contributed by atoms with van der Waals surface area (Å²) in [7, 11) is 0. The number of carbonyl (C=O) groups is 1. The Kier molecular flexibility index (Phi) is 4.13. The molecule has 0 aliphatic carbocycles. The third-order valence-electron chi connectivity index (χ3n) is 5.91. The number of benzene rings is 1. The third kappa shape index (κ3) is 3.04. The van der Waals surface area contributed by atoms with E-state index in [0.717, 1.165) is 31.4 Å². The first-order valence-corrected chi connectivity index (χ1v) is 9.47. The first kappa shape index (κ1) is 17.3. The maximum Gasteiger partial charge on any atom is 0.274 e. The number of nitrogens with one attached hydrogen (secondary N) is 1. The van der Waals surface area contributed by atoms with Crippen molar-refractivity contribution in [1.29, 1.82) is 0 Å². The van der Waals surface area contributed by atoms with E-state index in [0.29, 0.717) is 11.6 Å². The maximum absolute atomic E-state index is 13.2. The van der Waals surface area contributed by atoms with Gasteiger partial charge < -0.3 is 4.90 Å². The Labute approximate surface area is 153 Å². The minimum atomic E-state index is -0.197. The molecular weight excluding hydrogens is 329 g/mol. The van der Waals surface area contributed by atoms with Gasteiger partial charge in [-0.05, 0) is 55.4 Å². The number of rotatable bonds is 2. The number of halogens is 1. The van der Waals surface area contributed by atoms with E-state index in [1.54, 1.807) is 0 Å². The van der Waals surface area contributed by atoms with Crippen LogP contribution in [0.25, 0.3) is 0 Å². The fourth-order valence-corrected chi connectivity index (χ4v) is 4.46. The molecule has 2 aromatic rings. The van der Waals surface area contributed by atoms with Crippen LogP contribution in [0.1, 0.15) is 74.1 Å². The molecule has 1 aromatic carbocycles. The number of aromatic amines is 1. The summed E-state index contributed by atoms with van der Waals surface area (Å²) in [6, 6.07) is 9.25. The molecular formula is C21H26FN3O. The van der Waals surface area contributed by atoms with Gasteiger partial charge in [0.15, 0.2) is 0 Å². The van der Waals surface area contributed by atoms with E-state index in [9.17, 15) is 9.18 Å².